The Labute approximate surface area is 119 Å². The number of aliphatic carboxylic acids is 1. The number of carboxylic acids is 1. The zero-order chi connectivity index (χ0) is 14.7. The highest BCUT2D eigenvalue weighted by atomic mass is 16.4. The summed E-state index contributed by atoms with van der Waals surface area (Å²) in [7, 11) is 0. The van der Waals surface area contributed by atoms with E-state index in [1.807, 2.05) is 26.0 Å². The van der Waals surface area contributed by atoms with Crippen molar-refractivity contribution in [2.45, 2.75) is 45.6 Å². The molecule has 4 heteroatoms. The van der Waals surface area contributed by atoms with Gasteiger partial charge in [-0.05, 0) is 48.8 Å². The van der Waals surface area contributed by atoms with Crippen LogP contribution in [0.4, 0.5) is 0 Å². The maximum atomic E-state index is 12.3. The second-order valence-corrected chi connectivity index (χ2v) is 5.79. The Kier molecular flexibility index (Phi) is 4.42. The molecular weight excluding hydrogens is 254 g/mol. The van der Waals surface area contributed by atoms with Crippen molar-refractivity contribution in [1.82, 2.24) is 5.32 Å². The lowest BCUT2D eigenvalue weighted by Crippen LogP contribution is -2.41. The van der Waals surface area contributed by atoms with Crippen molar-refractivity contribution in [2.24, 2.45) is 5.92 Å². The Morgan fingerprint density at radius 2 is 2.05 bits per heavy atom. The summed E-state index contributed by atoms with van der Waals surface area (Å²) >= 11 is 0. The third-order valence-electron chi connectivity index (χ3n) is 3.70. The second kappa shape index (κ2) is 6.07. The summed E-state index contributed by atoms with van der Waals surface area (Å²) in [5.41, 5.74) is 2.93. The number of carboxylic acid groups (broad SMARTS) is 1. The lowest BCUT2D eigenvalue weighted by atomic mass is 10.0. The summed E-state index contributed by atoms with van der Waals surface area (Å²) in [5, 5.41) is 11.9. The molecule has 1 aliphatic carbocycles. The molecule has 2 rings (SSSR count). The number of benzene rings is 1. The van der Waals surface area contributed by atoms with E-state index in [-0.39, 0.29) is 11.8 Å². The normalized spacial score (nSPS) is 14.9. The number of amides is 1. The number of carbonyl (C=O) groups excluding carboxylic acids is 1. The fraction of sp³-hybridized carbons (Fsp3) is 0.500. The standard InChI is InChI=1S/C16H21NO3/c1-10(2)9-14(16(19)20)17-15(18)13-8-4-6-11-5-3-7-12(11)13/h4,6,8,10,14H,3,5,7,9H2,1-2H3,(H,17,18)(H,19,20). The molecule has 20 heavy (non-hydrogen) atoms. The molecule has 0 saturated heterocycles. The van der Waals surface area contributed by atoms with Gasteiger partial charge in [-0.3, -0.25) is 4.79 Å². The maximum absolute atomic E-state index is 12.3. The van der Waals surface area contributed by atoms with Crippen molar-refractivity contribution in [2.75, 3.05) is 0 Å². The van der Waals surface area contributed by atoms with E-state index in [0.717, 1.165) is 24.8 Å². The zero-order valence-electron chi connectivity index (χ0n) is 12.0. The molecule has 0 saturated carbocycles. The van der Waals surface area contributed by atoms with Gasteiger partial charge in [0, 0.05) is 5.56 Å². The predicted octanol–water partition coefficient (Wildman–Crippen LogP) is 2.40. The first-order chi connectivity index (χ1) is 9.49. The van der Waals surface area contributed by atoms with Crippen LogP contribution < -0.4 is 5.32 Å². The van der Waals surface area contributed by atoms with Crippen LogP contribution in [0.5, 0.6) is 0 Å². The quantitative estimate of drug-likeness (QED) is 0.867. The summed E-state index contributed by atoms with van der Waals surface area (Å²) in [6.07, 6.45) is 3.41. The molecule has 1 aromatic rings. The van der Waals surface area contributed by atoms with Gasteiger partial charge in [0.1, 0.15) is 6.04 Å². The number of hydrogen-bond acceptors (Lipinski definition) is 2. The first-order valence-corrected chi connectivity index (χ1v) is 7.13. The van der Waals surface area contributed by atoms with Crippen LogP contribution in [0, 0.1) is 5.92 Å². The molecule has 1 amide bonds. The second-order valence-electron chi connectivity index (χ2n) is 5.79. The summed E-state index contributed by atoms with van der Waals surface area (Å²) in [4.78, 5) is 23.5. The maximum Gasteiger partial charge on any atom is 0.326 e. The van der Waals surface area contributed by atoms with Gasteiger partial charge in [0.05, 0.1) is 0 Å². The van der Waals surface area contributed by atoms with Crippen molar-refractivity contribution in [1.29, 1.82) is 0 Å². The molecule has 1 aromatic carbocycles. The SMILES string of the molecule is CC(C)CC(NC(=O)c1cccc2c1CCC2)C(=O)O. The molecule has 0 spiro atoms. The van der Waals surface area contributed by atoms with Crippen LogP contribution in [-0.4, -0.2) is 23.0 Å². The van der Waals surface area contributed by atoms with Gasteiger partial charge in [-0.25, -0.2) is 4.79 Å². The molecule has 1 atom stereocenters. The Morgan fingerprint density at radius 3 is 2.70 bits per heavy atom. The minimum absolute atomic E-state index is 0.220. The van der Waals surface area contributed by atoms with Gasteiger partial charge in [0.25, 0.3) is 5.91 Å². The molecule has 4 nitrogen and oxygen atoms in total. The van der Waals surface area contributed by atoms with Crippen molar-refractivity contribution in [3.05, 3.63) is 34.9 Å². The molecule has 0 radical (unpaired) electrons. The lowest BCUT2D eigenvalue weighted by Gasteiger charge is -2.17. The summed E-state index contributed by atoms with van der Waals surface area (Å²) < 4.78 is 0. The zero-order valence-corrected chi connectivity index (χ0v) is 12.0. The van der Waals surface area contributed by atoms with Crippen LogP contribution in [0.25, 0.3) is 0 Å². The van der Waals surface area contributed by atoms with Crippen LogP contribution >= 0.6 is 0 Å². The van der Waals surface area contributed by atoms with Crippen LogP contribution in [0.15, 0.2) is 18.2 Å². The molecule has 0 fully saturated rings. The van der Waals surface area contributed by atoms with Crippen molar-refractivity contribution < 1.29 is 14.7 Å². The molecule has 2 N–H and O–H groups in total. The molecule has 1 unspecified atom stereocenters. The van der Waals surface area contributed by atoms with Gasteiger partial charge < -0.3 is 10.4 Å². The Morgan fingerprint density at radius 1 is 1.30 bits per heavy atom. The Balaban J connectivity index is 2.15. The number of fused-ring (bicyclic) bond motifs is 1. The number of carbonyl (C=O) groups is 2. The average molecular weight is 275 g/mol. The van der Waals surface area contributed by atoms with E-state index in [1.54, 1.807) is 6.07 Å². The molecule has 0 aliphatic heterocycles. The minimum atomic E-state index is -0.973. The number of aryl methyl sites for hydroxylation is 1. The van der Waals surface area contributed by atoms with Gasteiger partial charge >= 0.3 is 5.97 Å². The largest absolute Gasteiger partial charge is 0.480 e. The molecule has 1 aliphatic rings. The highest BCUT2D eigenvalue weighted by molar-refractivity contribution is 5.98. The number of rotatable bonds is 5. The van der Waals surface area contributed by atoms with Crippen molar-refractivity contribution in [3.8, 4) is 0 Å². The van der Waals surface area contributed by atoms with Crippen molar-refractivity contribution in [3.63, 3.8) is 0 Å². The topological polar surface area (TPSA) is 66.4 Å². The third kappa shape index (κ3) is 3.18. The molecule has 0 heterocycles. The van der Waals surface area contributed by atoms with E-state index in [4.69, 9.17) is 0 Å². The molecule has 0 bridgehead atoms. The highest BCUT2D eigenvalue weighted by Crippen LogP contribution is 2.25. The smallest absolute Gasteiger partial charge is 0.326 e. The van der Waals surface area contributed by atoms with Crippen LogP contribution in [0.1, 0.15) is 48.2 Å². The van der Waals surface area contributed by atoms with Crippen LogP contribution in [-0.2, 0) is 17.6 Å². The Hall–Kier alpha value is -1.84. The van der Waals surface area contributed by atoms with Crippen LogP contribution in [0.3, 0.4) is 0 Å². The molecule has 108 valence electrons. The first-order valence-electron chi connectivity index (χ1n) is 7.13. The van der Waals surface area contributed by atoms with Gasteiger partial charge in [0.2, 0.25) is 0 Å². The van der Waals surface area contributed by atoms with E-state index >= 15 is 0 Å². The van der Waals surface area contributed by atoms with Gasteiger partial charge in [-0.1, -0.05) is 26.0 Å². The third-order valence-corrected chi connectivity index (χ3v) is 3.70. The summed E-state index contributed by atoms with van der Waals surface area (Å²) in [5.74, 6) is -1.02. The summed E-state index contributed by atoms with van der Waals surface area (Å²) in [6, 6.07) is 4.88. The lowest BCUT2D eigenvalue weighted by molar-refractivity contribution is -0.139. The predicted molar refractivity (Wildman–Crippen MR) is 76.8 cm³/mol. The molecular formula is C16H21NO3. The Bertz CT molecular complexity index is 522. The average Bonchev–Trinajstić information content (AvgIpc) is 2.84. The van der Waals surface area contributed by atoms with Gasteiger partial charge in [0.15, 0.2) is 0 Å². The monoisotopic (exact) mass is 275 g/mol. The molecule has 0 aromatic heterocycles. The number of hydrogen-bond donors (Lipinski definition) is 2. The van der Waals surface area contributed by atoms with Crippen molar-refractivity contribution >= 4 is 11.9 Å². The van der Waals surface area contributed by atoms with Gasteiger partial charge in [-0.2, -0.15) is 0 Å². The number of nitrogens with one attached hydrogen (secondary N) is 1. The first kappa shape index (κ1) is 14.6. The van der Waals surface area contributed by atoms with E-state index < -0.39 is 12.0 Å². The van der Waals surface area contributed by atoms with E-state index in [9.17, 15) is 14.7 Å². The van der Waals surface area contributed by atoms with Gasteiger partial charge in [-0.15, -0.1) is 0 Å². The van der Waals surface area contributed by atoms with E-state index in [2.05, 4.69) is 5.32 Å². The van der Waals surface area contributed by atoms with Crippen LogP contribution in [0.2, 0.25) is 0 Å². The minimum Gasteiger partial charge on any atom is -0.480 e. The van der Waals surface area contributed by atoms with E-state index in [0.29, 0.717) is 12.0 Å². The fourth-order valence-electron chi connectivity index (χ4n) is 2.76. The fourth-order valence-corrected chi connectivity index (χ4v) is 2.76. The highest BCUT2D eigenvalue weighted by Gasteiger charge is 2.24. The summed E-state index contributed by atoms with van der Waals surface area (Å²) in [6.45, 7) is 3.89. The van der Waals surface area contributed by atoms with E-state index in [1.165, 1.54) is 5.56 Å².